The van der Waals surface area contributed by atoms with Crippen LogP contribution in [0.2, 0.25) is 0 Å². The van der Waals surface area contributed by atoms with E-state index in [1.165, 1.54) is 24.3 Å². The van der Waals surface area contributed by atoms with Gasteiger partial charge in [0, 0.05) is 26.2 Å². The SMILES string of the molecule is CC(/C=C/c1ccc(N(C)C)cc1)=N/N=C(N)S[C@@H]1CC(=O)N(c2ccc(C(=O)O)cc2)C1=O. The first-order chi connectivity index (χ1) is 16.2. The number of carbonyl (C=O) groups is 3. The van der Waals surface area contributed by atoms with Gasteiger partial charge in [0.15, 0.2) is 5.17 Å². The zero-order valence-electron chi connectivity index (χ0n) is 19.0. The first-order valence-corrected chi connectivity index (χ1v) is 11.2. The molecule has 2 aromatic carbocycles. The van der Waals surface area contributed by atoms with Crippen molar-refractivity contribution in [3.8, 4) is 0 Å². The maximum atomic E-state index is 12.7. The first-order valence-electron chi connectivity index (χ1n) is 10.4. The van der Waals surface area contributed by atoms with Gasteiger partial charge in [0.05, 0.1) is 17.0 Å². The number of benzene rings is 2. The lowest BCUT2D eigenvalue weighted by atomic mass is 10.2. The van der Waals surface area contributed by atoms with Gasteiger partial charge in [-0.25, -0.2) is 9.69 Å². The van der Waals surface area contributed by atoms with E-state index < -0.39 is 17.1 Å². The number of carboxylic acid groups (broad SMARTS) is 1. The van der Waals surface area contributed by atoms with Crippen molar-refractivity contribution in [3.05, 3.63) is 65.7 Å². The fourth-order valence-electron chi connectivity index (χ4n) is 3.15. The third-order valence-electron chi connectivity index (χ3n) is 4.97. The summed E-state index contributed by atoms with van der Waals surface area (Å²) in [5.41, 5.74) is 9.05. The van der Waals surface area contributed by atoms with Crippen LogP contribution < -0.4 is 15.5 Å². The molecule has 0 bridgehead atoms. The first kappa shape index (κ1) is 24.7. The molecule has 3 rings (SSSR count). The number of nitrogens with two attached hydrogens (primary N) is 1. The molecule has 2 amide bonds. The summed E-state index contributed by atoms with van der Waals surface area (Å²) in [6.45, 7) is 1.78. The second-order valence-corrected chi connectivity index (χ2v) is 8.95. The lowest BCUT2D eigenvalue weighted by Gasteiger charge is -2.14. The number of carboxylic acids is 1. The molecule has 1 fully saturated rings. The summed E-state index contributed by atoms with van der Waals surface area (Å²) in [5, 5.41) is 16.4. The van der Waals surface area contributed by atoms with Crippen molar-refractivity contribution in [2.24, 2.45) is 15.9 Å². The fourth-order valence-corrected chi connectivity index (χ4v) is 3.96. The average molecular weight is 480 g/mol. The second kappa shape index (κ2) is 10.8. The van der Waals surface area contributed by atoms with E-state index in [2.05, 4.69) is 10.2 Å². The fraction of sp³-hybridized carbons (Fsp3) is 0.208. The minimum Gasteiger partial charge on any atom is -0.478 e. The Labute approximate surface area is 201 Å². The van der Waals surface area contributed by atoms with Gasteiger partial charge < -0.3 is 15.7 Å². The Morgan fingerprint density at radius 3 is 2.35 bits per heavy atom. The standard InChI is InChI=1S/C24H25N5O4S/c1-15(4-5-16-6-10-18(11-7-16)28(2)3)26-27-24(25)34-20-14-21(30)29(22(20)31)19-12-8-17(9-13-19)23(32)33/h4-13,20H,14H2,1-3H3,(H2,25,27)(H,32,33)/b5-4+,26-15-/t20-/m1/s1. The van der Waals surface area contributed by atoms with Crippen molar-refractivity contribution in [2.45, 2.75) is 18.6 Å². The highest BCUT2D eigenvalue weighted by Gasteiger charge is 2.40. The molecule has 1 aliphatic rings. The molecule has 1 heterocycles. The summed E-state index contributed by atoms with van der Waals surface area (Å²) in [6.07, 6.45) is 3.68. The third kappa shape index (κ3) is 6.10. The largest absolute Gasteiger partial charge is 0.478 e. The van der Waals surface area contributed by atoms with E-state index in [4.69, 9.17) is 10.8 Å². The lowest BCUT2D eigenvalue weighted by Crippen LogP contribution is -2.31. The van der Waals surface area contributed by atoms with E-state index >= 15 is 0 Å². The van der Waals surface area contributed by atoms with Crippen molar-refractivity contribution in [2.75, 3.05) is 23.9 Å². The second-order valence-electron chi connectivity index (χ2n) is 7.73. The van der Waals surface area contributed by atoms with Gasteiger partial charge in [-0.15, -0.1) is 5.10 Å². The number of hydrogen-bond acceptors (Lipinski definition) is 7. The van der Waals surface area contributed by atoms with Crippen LogP contribution in [0.3, 0.4) is 0 Å². The summed E-state index contributed by atoms with van der Waals surface area (Å²) >= 11 is 0.972. The Morgan fingerprint density at radius 1 is 1.12 bits per heavy atom. The van der Waals surface area contributed by atoms with Crippen LogP contribution in [0.4, 0.5) is 11.4 Å². The van der Waals surface area contributed by atoms with Crippen LogP contribution >= 0.6 is 11.8 Å². The number of allylic oxidation sites excluding steroid dienone is 1. The van der Waals surface area contributed by atoms with E-state index in [-0.39, 0.29) is 23.1 Å². The van der Waals surface area contributed by atoms with Gasteiger partial charge in [0.2, 0.25) is 11.8 Å². The molecule has 2 aromatic rings. The number of thioether (sulfide) groups is 1. The monoisotopic (exact) mass is 479 g/mol. The molecule has 10 heteroatoms. The number of imide groups is 1. The molecule has 1 aliphatic heterocycles. The lowest BCUT2D eigenvalue weighted by molar-refractivity contribution is -0.121. The maximum Gasteiger partial charge on any atom is 0.335 e. The van der Waals surface area contributed by atoms with E-state index in [0.717, 1.165) is 27.9 Å². The van der Waals surface area contributed by atoms with Gasteiger partial charge in [0.1, 0.15) is 5.25 Å². The van der Waals surface area contributed by atoms with Crippen LogP contribution in [0.5, 0.6) is 0 Å². The van der Waals surface area contributed by atoms with Gasteiger partial charge >= 0.3 is 5.97 Å². The number of amidine groups is 1. The highest BCUT2D eigenvalue weighted by atomic mass is 32.2. The Bertz CT molecular complexity index is 1170. The molecule has 1 saturated heterocycles. The Morgan fingerprint density at radius 2 is 1.76 bits per heavy atom. The van der Waals surface area contributed by atoms with Gasteiger partial charge in [-0.2, -0.15) is 5.10 Å². The van der Waals surface area contributed by atoms with E-state index in [1.54, 1.807) is 13.0 Å². The molecule has 3 N–H and O–H groups in total. The Kier molecular flexibility index (Phi) is 7.85. The van der Waals surface area contributed by atoms with Crippen LogP contribution in [0.25, 0.3) is 6.08 Å². The highest BCUT2D eigenvalue weighted by Crippen LogP contribution is 2.30. The van der Waals surface area contributed by atoms with Crippen molar-refractivity contribution in [3.63, 3.8) is 0 Å². The van der Waals surface area contributed by atoms with Crippen LogP contribution in [0.1, 0.15) is 29.3 Å². The molecule has 176 valence electrons. The molecule has 9 nitrogen and oxygen atoms in total. The van der Waals surface area contributed by atoms with Crippen LogP contribution in [0, 0.1) is 0 Å². The molecule has 0 aromatic heterocycles. The molecule has 1 atom stereocenters. The number of amides is 2. The van der Waals surface area contributed by atoms with Gasteiger partial charge in [-0.05, 0) is 55.0 Å². The van der Waals surface area contributed by atoms with Crippen LogP contribution in [-0.2, 0) is 9.59 Å². The number of rotatable bonds is 7. The maximum absolute atomic E-state index is 12.7. The summed E-state index contributed by atoms with van der Waals surface area (Å²) < 4.78 is 0. The van der Waals surface area contributed by atoms with Crippen molar-refractivity contribution in [1.29, 1.82) is 0 Å². The third-order valence-corrected chi connectivity index (χ3v) is 5.95. The summed E-state index contributed by atoms with van der Waals surface area (Å²) in [5.74, 6) is -1.91. The van der Waals surface area contributed by atoms with Gasteiger partial charge in [-0.1, -0.05) is 30.0 Å². The number of nitrogens with zero attached hydrogens (tertiary/aromatic N) is 4. The quantitative estimate of drug-likeness (QED) is 0.270. The highest BCUT2D eigenvalue weighted by molar-refractivity contribution is 8.14. The summed E-state index contributed by atoms with van der Waals surface area (Å²) in [7, 11) is 3.96. The Hall–Kier alpha value is -3.92. The molecular weight excluding hydrogens is 454 g/mol. The van der Waals surface area contributed by atoms with Crippen LogP contribution in [0.15, 0.2) is 64.8 Å². The molecule has 0 spiro atoms. The molecule has 0 saturated carbocycles. The zero-order valence-corrected chi connectivity index (χ0v) is 19.8. The summed E-state index contributed by atoms with van der Waals surface area (Å²) in [6, 6.07) is 13.6. The summed E-state index contributed by atoms with van der Waals surface area (Å²) in [4.78, 5) is 39.2. The molecule has 0 unspecified atom stereocenters. The number of anilines is 2. The number of carbonyl (C=O) groups excluding carboxylic acids is 2. The van der Waals surface area contributed by atoms with Crippen molar-refractivity contribution < 1.29 is 19.5 Å². The number of hydrogen-bond donors (Lipinski definition) is 2. The molecule has 0 aliphatic carbocycles. The van der Waals surface area contributed by atoms with Crippen molar-refractivity contribution >= 4 is 57.9 Å². The molecular formula is C24H25N5O4S. The minimum atomic E-state index is -1.09. The average Bonchev–Trinajstić information content (AvgIpc) is 3.09. The normalized spacial score (nSPS) is 17.0. The Balaban J connectivity index is 1.61. The van der Waals surface area contributed by atoms with E-state index in [0.29, 0.717) is 11.4 Å². The number of aromatic carboxylic acids is 1. The predicted octanol–water partition coefficient (Wildman–Crippen LogP) is 3.22. The van der Waals surface area contributed by atoms with Gasteiger partial charge in [0.25, 0.3) is 0 Å². The smallest absolute Gasteiger partial charge is 0.335 e. The zero-order chi connectivity index (χ0) is 24.8. The van der Waals surface area contributed by atoms with Gasteiger partial charge in [-0.3, -0.25) is 9.59 Å². The van der Waals surface area contributed by atoms with Crippen LogP contribution in [-0.4, -0.2) is 53.1 Å². The van der Waals surface area contributed by atoms with E-state index in [9.17, 15) is 14.4 Å². The minimum absolute atomic E-state index is 0.0358. The van der Waals surface area contributed by atoms with Crippen molar-refractivity contribution in [1.82, 2.24) is 0 Å². The topological polar surface area (TPSA) is 129 Å². The predicted molar refractivity (Wildman–Crippen MR) is 136 cm³/mol. The molecule has 34 heavy (non-hydrogen) atoms. The molecule has 0 radical (unpaired) electrons. The van der Waals surface area contributed by atoms with E-state index in [1.807, 2.05) is 49.3 Å².